The molecule has 0 unspecified atom stereocenters. The van der Waals surface area contributed by atoms with Gasteiger partial charge in [0, 0.05) is 23.2 Å². The van der Waals surface area contributed by atoms with Crippen LogP contribution in [0.1, 0.15) is 0 Å². The summed E-state index contributed by atoms with van der Waals surface area (Å²) < 4.78 is 28.9. The zero-order valence-electron chi connectivity index (χ0n) is 14.8. The van der Waals surface area contributed by atoms with E-state index in [9.17, 15) is 13.5 Å². The number of phenolic OH excluding ortho intramolecular Hbond substituents is 1. The number of benzene rings is 2. The van der Waals surface area contributed by atoms with E-state index in [1.807, 2.05) is 0 Å². The minimum atomic E-state index is -3.36. The molecule has 2 N–H and O–H groups in total. The van der Waals surface area contributed by atoms with Crippen LogP contribution in [0.25, 0.3) is 27.5 Å². The highest BCUT2D eigenvalue weighted by atomic mass is 32.2. The van der Waals surface area contributed by atoms with Crippen LogP contribution >= 0.6 is 0 Å². The van der Waals surface area contributed by atoms with Gasteiger partial charge < -0.3 is 14.9 Å². The smallest absolute Gasteiger partial charge is 0.221 e. The number of nitrogens with zero attached hydrogens (tertiary/aromatic N) is 4. The fraction of sp³-hybridized carbons (Fsp3) is 0.167. The van der Waals surface area contributed by atoms with Gasteiger partial charge in [-0.25, -0.2) is 13.4 Å². The van der Waals surface area contributed by atoms with E-state index in [2.05, 4.69) is 15.2 Å². The van der Waals surface area contributed by atoms with Crippen LogP contribution in [0.5, 0.6) is 11.6 Å². The Balaban J connectivity index is 1.84. The summed E-state index contributed by atoms with van der Waals surface area (Å²) in [4.78, 5) is 5.51. The molecule has 0 saturated carbocycles. The molecule has 2 aromatic heterocycles. The Kier molecular flexibility index (Phi) is 4.36. The predicted molar refractivity (Wildman–Crippen MR) is 102 cm³/mol. The van der Waals surface area contributed by atoms with Crippen molar-refractivity contribution in [3.8, 4) is 17.3 Å². The van der Waals surface area contributed by atoms with Crippen LogP contribution in [0.4, 0.5) is 0 Å². The number of pyridine rings is 1. The summed E-state index contributed by atoms with van der Waals surface area (Å²) in [6.45, 7) is -0.0647. The first kappa shape index (κ1) is 18.1. The molecular weight excluding hydrogens is 384 g/mol. The maximum atomic E-state index is 11.7. The van der Waals surface area contributed by atoms with Crippen molar-refractivity contribution in [3.63, 3.8) is 0 Å². The van der Waals surface area contributed by atoms with Crippen molar-refractivity contribution in [1.29, 1.82) is 0 Å². The number of sulfone groups is 1. The molecule has 0 aliphatic heterocycles. The van der Waals surface area contributed by atoms with Gasteiger partial charge in [0.2, 0.25) is 5.88 Å². The molecule has 0 amide bonds. The van der Waals surface area contributed by atoms with Gasteiger partial charge in [0.1, 0.15) is 23.3 Å². The van der Waals surface area contributed by atoms with Gasteiger partial charge in [-0.05, 0) is 36.4 Å². The van der Waals surface area contributed by atoms with Crippen LogP contribution in [0.3, 0.4) is 0 Å². The molecule has 0 fully saturated rings. The summed E-state index contributed by atoms with van der Waals surface area (Å²) in [6, 6.07) is 9.43. The van der Waals surface area contributed by atoms with Gasteiger partial charge >= 0.3 is 0 Å². The number of aliphatic hydroxyl groups is 1. The lowest BCUT2D eigenvalue weighted by Crippen LogP contribution is -2.04. The van der Waals surface area contributed by atoms with Gasteiger partial charge in [0.25, 0.3) is 0 Å². The zero-order valence-corrected chi connectivity index (χ0v) is 15.6. The average molecular weight is 400 g/mol. The third-order valence-electron chi connectivity index (χ3n) is 4.18. The number of aromatic hydroxyl groups is 1. The molecular formula is C18H16N4O5S. The minimum Gasteiger partial charge on any atom is -0.505 e. The molecule has 0 aliphatic rings. The predicted octanol–water partition coefficient (Wildman–Crippen LogP) is 1.45. The number of hydrogen-bond acceptors (Lipinski definition) is 8. The Bertz CT molecular complexity index is 1300. The molecule has 144 valence electrons. The molecule has 0 spiro atoms. The van der Waals surface area contributed by atoms with Gasteiger partial charge in [-0.15, -0.1) is 15.0 Å². The molecule has 9 nitrogen and oxygen atoms in total. The first-order valence-corrected chi connectivity index (χ1v) is 10.2. The second kappa shape index (κ2) is 6.73. The second-order valence-corrected chi connectivity index (χ2v) is 8.14. The van der Waals surface area contributed by atoms with Crippen molar-refractivity contribution in [1.82, 2.24) is 20.0 Å². The number of fused-ring (bicyclic) bond motifs is 2. The second-order valence-electron chi connectivity index (χ2n) is 6.13. The van der Waals surface area contributed by atoms with Crippen molar-refractivity contribution in [2.45, 2.75) is 4.90 Å². The van der Waals surface area contributed by atoms with E-state index in [0.717, 1.165) is 6.26 Å². The van der Waals surface area contributed by atoms with Crippen LogP contribution in [0.2, 0.25) is 0 Å². The quantitative estimate of drug-likeness (QED) is 0.515. The van der Waals surface area contributed by atoms with E-state index in [1.165, 1.54) is 23.1 Å². The van der Waals surface area contributed by atoms with Crippen LogP contribution in [-0.2, 0) is 9.84 Å². The number of hydrogen-bond donors (Lipinski definition) is 2. The number of phenols is 1. The van der Waals surface area contributed by atoms with Crippen LogP contribution in [0.15, 0.2) is 47.5 Å². The highest BCUT2D eigenvalue weighted by Gasteiger charge is 2.16. The molecule has 4 rings (SSSR count). The monoisotopic (exact) mass is 400 g/mol. The summed E-state index contributed by atoms with van der Waals surface area (Å²) in [5, 5.41) is 29.3. The minimum absolute atomic E-state index is 0.0719. The maximum Gasteiger partial charge on any atom is 0.221 e. The molecule has 28 heavy (non-hydrogen) atoms. The first-order valence-electron chi connectivity index (χ1n) is 8.30. The largest absolute Gasteiger partial charge is 0.505 e. The van der Waals surface area contributed by atoms with Gasteiger partial charge in [0.05, 0.1) is 11.5 Å². The summed E-state index contributed by atoms with van der Waals surface area (Å²) in [7, 11) is -3.36. The Labute approximate surface area is 159 Å². The Morgan fingerprint density at radius 3 is 2.61 bits per heavy atom. The SMILES string of the molecule is CS(=O)(=O)c1ccc2nn(-c3ccc4c(OCCO)nccc4c3O)nc2c1. The van der Waals surface area contributed by atoms with Crippen LogP contribution in [-0.4, -0.2) is 58.1 Å². The third kappa shape index (κ3) is 3.12. The summed E-state index contributed by atoms with van der Waals surface area (Å²) in [6.07, 6.45) is 2.61. The summed E-state index contributed by atoms with van der Waals surface area (Å²) >= 11 is 0. The Morgan fingerprint density at radius 2 is 1.86 bits per heavy atom. The molecule has 0 atom stereocenters. The van der Waals surface area contributed by atoms with E-state index in [0.29, 0.717) is 33.4 Å². The normalized spacial score (nSPS) is 11.9. The number of ether oxygens (including phenoxy) is 1. The van der Waals surface area contributed by atoms with E-state index >= 15 is 0 Å². The Hall–Kier alpha value is -3.24. The van der Waals surface area contributed by atoms with Crippen molar-refractivity contribution >= 4 is 31.6 Å². The lowest BCUT2D eigenvalue weighted by atomic mass is 10.1. The van der Waals surface area contributed by atoms with E-state index in [4.69, 9.17) is 9.84 Å². The van der Waals surface area contributed by atoms with E-state index in [1.54, 1.807) is 24.3 Å². The van der Waals surface area contributed by atoms with Gasteiger partial charge in [-0.2, -0.15) is 0 Å². The molecule has 2 aromatic carbocycles. The average Bonchev–Trinajstić information content (AvgIpc) is 3.09. The lowest BCUT2D eigenvalue weighted by molar-refractivity contribution is 0.198. The number of aromatic nitrogens is 4. The van der Waals surface area contributed by atoms with Gasteiger partial charge in [-0.1, -0.05) is 0 Å². The number of rotatable bonds is 5. The van der Waals surface area contributed by atoms with Crippen LogP contribution in [0, 0.1) is 0 Å². The molecule has 0 aliphatic carbocycles. The summed E-state index contributed by atoms with van der Waals surface area (Å²) in [5.74, 6) is 0.224. The lowest BCUT2D eigenvalue weighted by Gasteiger charge is -2.10. The van der Waals surface area contributed by atoms with Crippen molar-refractivity contribution in [3.05, 3.63) is 42.6 Å². The molecule has 0 radical (unpaired) electrons. The van der Waals surface area contributed by atoms with Gasteiger partial charge in [0.15, 0.2) is 15.6 Å². The summed E-state index contributed by atoms with van der Waals surface area (Å²) in [5.41, 5.74) is 1.21. The van der Waals surface area contributed by atoms with Crippen molar-refractivity contribution in [2.24, 2.45) is 0 Å². The standard InChI is InChI=1S/C18H16N4O5S/c1-28(25,26)11-2-4-14-15(10-11)21-22(20-14)16-5-3-13-12(17(16)24)6-7-19-18(13)27-9-8-23/h2-7,10,23-24H,8-9H2,1H3. The van der Waals surface area contributed by atoms with Crippen molar-refractivity contribution in [2.75, 3.05) is 19.5 Å². The number of aliphatic hydroxyl groups excluding tert-OH is 1. The topological polar surface area (TPSA) is 127 Å². The Morgan fingerprint density at radius 1 is 1.07 bits per heavy atom. The van der Waals surface area contributed by atoms with E-state index < -0.39 is 9.84 Å². The van der Waals surface area contributed by atoms with Crippen molar-refractivity contribution < 1.29 is 23.4 Å². The fourth-order valence-electron chi connectivity index (χ4n) is 2.85. The molecule has 10 heteroatoms. The third-order valence-corrected chi connectivity index (χ3v) is 5.29. The van der Waals surface area contributed by atoms with Gasteiger partial charge in [-0.3, -0.25) is 0 Å². The molecule has 0 saturated heterocycles. The molecule has 0 bridgehead atoms. The van der Waals surface area contributed by atoms with E-state index in [-0.39, 0.29) is 23.9 Å². The molecule has 4 aromatic rings. The zero-order chi connectivity index (χ0) is 19.9. The fourth-order valence-corrected chi connectivity index (χ4v) is 3.49. The molecule has 2 heterocycles. The highest BCUT2D eigenvalue weighted by Crippen LogP contribution is 2.34. The maximum absolute atomic E-state index is 11.7. The van der Waals surface area contributed by atoms with Crippen LogP contribution < -0.4 is 4.74 Å². The first-order chi connectivity index (χ1) is 13.4. The highest BCUT2D eigenvalue weighted by molar-refractivity contribution is 7.90.